The molecule has 0 bridgehead atoms. The first-order chi connectivity index (χ1) is 13.0. The highest BCUT2D eigenvalue weighted by Gasteiger charge is 2.19. The van der Waals surface area contributed by atoms with E-state index in [1.807, 2.05) is 25.4 Å². The van der Waals surface area contributed by atoms with E-state index in [2.05, 4.69) is 33.9 Å². The third kappa shape index (κ3) is 3.71. The van der Waals surface area contributed by atoms with Gasteiger partial charge in [-0.15, -0.1) is 0 Å². The Kier molecular flexibility index (Phi) is 4.66. The van der Waals surface area contributed by atoms with E-state index in [1.54, 1.807) is 17.1 Å². The van der Waals surface area contributed by atoms with E-state index in [-0.39, 0.29) is 5.82 Å². The molecule has 1 fully saturated rings. The van der Waals surface area contributed by atoms with Crippen molar-refractivity contribution in [2.45, 2.75) is 12.8 Å². The van der Waals surface area contributed by atoms with Crippen LogP contribution in [-0.2, 0) is 7.05 Å². The van der Waals surface area contributed by atoms with Crippen molar-refractivity contribution >= 4 is 16.6 Å². The summed E-state index contributed by atoms with van der Waals surface area (Å²) in [4.78, 5) is 6.78. The number of allylic oxidation sites excluding steroid dienone is 1. The zero-order valence-corrected chi connectivity index (χ0v) is 15.7. The molecule has 140 valence electrons. The summed E-state index contributed by atoms with van der Waals surface area (Å²) in [5.41, 5.74) is 2.31. The monoisotopic (exact) mass is 365 g/mol. The van der Waals surface area contributed by atoms with E-state index >= 15 is 0 Å². The van der Waals surface area contributed by atoms with Crippen LogP contribution in [0.15, 0.2) is 49.1 Å². The van der Waals surface area contributed by atoms with Gasteiger partial charge in [0, 0.05) is 47.6 Å². The van der Waals surface area contributed by atoms with Crippen molar-refractivity contribution in [1.29, 1.82) is 0 Å². The van der Waals surface area contributed by atoms with Crippen LogP contribution in [0.3, 0.4) is 0 Å². The van der Waals surface area contributed by atoms with Crippen LogP contribution in [0.2, 0.25) is 0 Å². The van der Waals surface area contributed by atoms with Gasteiger partial charge in [-0.1, -0.05) is 6.58 Å². The van der Waals surface area contributed by atoms with Crippen LogP contribution in [0.5, 0.6) is 0 Å². The number of anilines is 1. The Bertz CT molecular complexity index is 985. The molecule has 1 aliphatic rings. The van der Waals surface area contributed by atoms with Crippen LogP contribution in [0, 0.1) is 11.7 Å². The maximum atomic E-state index is 14.5. The number of nitrogens with zero attached hydrogens (tertiary/aromatic N) is 4. The van der Waals surface area contributed by atoms with Gasteiger partial charge in [0.2, 0.25) is 0 Å². The summed E-state index contributed by atoms with van der Waals surface area (Å²) in [6.07, 6.45) is 7.40. The van der Waals surface area contributed by atoms with Gasteiger partial charge in [-0.3, -0.25) is 4.68 Å². The normalized spacial score (nSPS) is 16.0. The van der Waals surface area contributed by atoms with Gasteiger partial charge in [-0.05, 0) is 56.6 Å². The number of aromatic nitrogens is 3. The first kappa shape index (κ1) is 17.7. The Morgan fingerprint density at radius 1 is 1.15 bits per heavy atom. The highest BCUT2D eigenvalue weighted by molar-refractivity contribution is 5.88. The summed E-state index contributed by atoms with van der Waals surface area (Å²) in [5, 5.41) is 9.21. The summed E-state index contributed by atoms with van der Waals surface area (Å²) < 4.78 is 16.2. The molecule has 1 aromatic carbocycles. The first-order valence-corrected chi connectivity index (χ1v) is 9.22. The second kappa shape index (κ2) is 7.12. The summed E-state index contributed by atoms with van der Waals surface area (Å²) >= 11 is 0. The van der Waals surface area contributed by atoms with E-state index < -0.39 is 0 Å². The Morgan fingerprint density at radius 2 is 1.93 bits per heavy atom. The number of halogens is 1. The molecule has 5 nitrogen and oxygen atoms in total. The molecule has 0 aliphatic carbocycles. The molecule has 0 atom stereocenters. The van der Waals surface area contributed by atoms with Gasteiger partial charge in [0.25, 0.3) is 0 Å². The van der Waals surface area contributed by atoms with Crippen molar-refractivity contribution in [3.05, 3.63) is 54.9 Å². The molecule has 0 radical (unpaired) electrons. The summed E-state index contributed by atoms with van der Waals surface area (Å²) in [7, 11) is 3.97. The second-order valence-electron chi connectivity index (χ2n) is 7.38. The SMILES string of the molecule is C=C(Nc1cc2cc(-c3cnn(C)c3)c(F)cc2cn1)C1CCN(C)CC1. The van der Waals surface area contributed by atoms with E-state index in [1.165, 1.54) is 6.07 Å². The van der Waals surface area contributed by atoms with Crippen LogP contribution in [0.25, 0.3) is 21.9 Å². The maximum Gasteiger partial charge on any atom is 0.131 e. The standard InChI is InChI=1S/C21H24FN5/c1-14(15-4-6-26(2)7-5-15)25-21-10-16-8-19(18-12-24-27(3)13-18)20(22)9-17(16)11-23-21/h8-13,15H,1,4-7H2,2-3H3,(H,23,25). The Balaban J connectivity index is 1.59. The number of likely N-dealkylation sites (tertiary alicyclic amines) is 1. The molecule has 0 amide bonds. The zero-order valence-electron chi connectivity index (χ0n) is 15.7. The van der Waals surface area contributed by atoms with Crippen molar-refractivity contribution in [2.75, 3.05) is 25.5 Å². The molecule has 3 aromatic rings. The van der Waals surface area contributed by atoms with Gasteiger partial charge in [0.1, 0.15) is 11.6 Å². The third-order valence-corrected chi connectivity index (χ3v) is 5.32. The molecule has 0 spiro atoms. The number of benzene rings is 1. The zero-order chi connectivity index (χ0) is 19.0. The Labute approximate surface area is 158 Å². The molecule has 0 unspecified atom stereocenters. The van der Waals surface area contributed by atoms with Crippen molar-refractivity contribution in [3.8, 4) is 11.1 Å². The molecule has 1 saturated heterocycles. The van der Waals surface area contributed by atoms with Crippen molar-refractivity contribution in [3.63, 3.8) is 0 Å². The molecular weight excluding hydrogens is 341 g/mol. The average Bonchev–Trinajstić information content (AvgIpc) is 3.08. The third-order valence-electron chi connectivity index (χ3n) is 5.32. The van der Waals surface area contributed by atoms with Gasteiger partial charge in [-0.25, -0.2) is 9.37 Å². The first-order valence-electron chi connectivity index (χ1n) is 9.22. The lowest BCUT2D eigenvalue weighted by Gasteiger charge is -2.30. The van der Waals surface area contributed by atoms with Gasteiger partial charge < -0.3 is 10.2 Å². The highest BCUT2D eigenvalue weighted by Crippen LogP contribution is 2.29. The number of rotatable bonds is 4. The van der Waals surface area contributed by atoms with Gasteiger partial charge in [0.15, 0.2) is 0 Å². The average molecular weight is 365 g/mol. The molecule has 6 heteroatoms. The fourth-order valence-corrected chi connectivity index (χ4v) is 3.64. The fourth-order valence-electron chi connectivity index (χ4n) is 3.64. The van der Waals surface area contributed by atoms with Crippen LogP contribution in [0.1, 0.15) is 12.8 Å². The number of fused-ring (bicyclic) bond motifs is 1. The predicted molar refractivity (Wildman–Crippen MR) is 107 cm³/mol. The minimum Gasteiger partial charge on any atom is -0.344 e. The number of nitrogens with one attached hydrogen (secondary N) is 1. The molecule has 1 aliphatic heterocycles. The molecule has 2 aromatic heterocycles. The molecule has 0 saturated carbocycles. The van der Waals surface area contributed by atoms with Gasteiger partial charge in [-0.2, -0.15) is 5.10 Å². The number of pyridine rings is 1. The van der Waals surface area contributed by atoms with Crippen LogP contribution < -0.4 is 5.32 Å². The van der Waals surface area contributed by atoms with Crippen LogP contribution in [0.4, 0.5) is 10.2 Å². The summed E-state index contributed by atoms with van der Waals surface area (Å²) in [6.45, 7) is 6.40. The second-order valence-corrected chi connectivity index (χ2v) is 7.38. The predicted octanol–water partition coefficient (Wildman–Crippen LogP) is 4.04. The van der Waals surface area contributed by atoms with Crippen LogP contribution in [-0.4, -0.2) is 39.8 Å². The van der Waals surface area contributed by atoms with Crippen LogP contribution >= 0.6 is 0 Å². The van der Waals surface area contributed by atoms with Crippen molar-refractivity contribution in [2.24, 2.45) is 13.0 Å². The topological polar surface area (TPSA) is 46.0 Å². The van der Waals surface area contributed by atoms with E-state index in [0.29, 0.717) is 11.5 Å². The number of hydrogen-bond donors (Lipinski definition) is 1. The molecule has 1 N–H and O–H groups in total. The van der Waals surface area contributed by atoms with E-state index in [4.69, 9.17) is 0 Å². The molecule has 4 rings (SSSR count). The quantitative estimate of drug-likeness (QED) is 0.758. The minimum atomic E-state index is -0.270. The van der Waals surface area contributed by atoms with E-state index in [9.17, 15) is 4.39 Å². The lowest BCUT2D eigenvalue weighted by atomic mass is 9.94. The van der Waals surface area contributed by atoms with Gasteiger partial charge >= 0.3 is 0 Å². The van der Waals surface area contributed by atoms with E-state index in [0.717, 1.165) is 53.8 Å². The van der Waals surface area contributed by atoms with Crippen molar-refractivity contribution in [1.82, 2.24) is 19.7 Å². The highest BCUT2D eigenvalue weighted by atomic mass is 19.1. The maximum absolute atomic E-state index is 14.5. The van der Waals surface area contributed by atoms with Crippen molar-refractivity contribution < 1.29 is 4.39 Å². The lowest BCUT2D eigenvalue weighted by Crippen LogP contribution is -2.31. The summed E-state index contributed by atoms with van der Waals surface area (Å²) in [6, 6.07) is 5.34. The smallest absolute Gasteiger partial charge is 0.131 e. The minimum absolute atomic E-state index is 0.270. The Hall–Kier alpha value is -2.73. The molecule has 27 heavy (non-hydrogen) atoms. The molecule has 3 heterocycles. The number of piperidine rings is 1. The van der Waals surface area contributed by atoms with Gasteiger partial charge in [0.05, 0.1) is 6.20 Å². The Morgan fingerprint density at radius 3 is 2.63 bits per heavy atom. The number of hydrogen-bond acceptors (Lipinski definition) is 4. The summed E-state index contributed by atoms with van der Waals surface area (Å²) in [5.74, 6) is 0.932. The molecular formula is C21H24FN5. The fraction of sp³-hybridized carbons (Fsp3) is 0.333. The largest absolute Gasteiger partial charge is 0.344 e. The lowest BCUT2D eigenvalue weighted by molar-refractivity contribution is 0.239. The number of aryl methyl sites for hydroxylation is 1.